The fourth-order valence-corrected chi connectivity index (χ4v) is 4.13. The van der Waals surface area contributed by atoms with E-state index in [4.69, 9.17) is 4.74 Å². The van der Waals surface area contributed by atoms with Crippen LogP contribution in [0.4, 0.5) is 0 Å². The van der Waals surface area contributed by atoms with E-state index in [1.165, 1.54) is 0 Å². The Balaban J connectivity index is 1.25. The summed E-state index contributed by atoms with van der Waals surface area (Å²) >= 11 is 0. The van der Waals surface area contributed by atoms with Gasteiger partial charge in [0.25, 0.3) is 0 Å². The third kappa shape index (κ3) is 7.03. The maximum Gasteiger partial charge on any atom is 0.246 e. The van der Waals surface area contributed by atoms with E-state index < -0.39 is 0 Å². The molecule has 4 rings (SSSR count). The average Bonchev–Trinajstić information content (AvgIpc) is 2.92. The highest BCUT2D eigenvalue weighted by Gasteiger charge is 2.27. The predicted octanol–water partition coefficient (Wildman–Crippen LogP) is 4.79. The van der Waals surface area contributed by atoms with Crippen LogP contribution >= 0.6 is 0 Å². The van der Waals surface area contributed by atoms with Crippen LogP contribution < -0.4 is 10.1 Å². The zero-order valence-corrected chi connectivity index (χ0v) is 20.0. The number of piperidine rings is 1. The van der Waals surface area contributed by atoms with Gasteiger partial charge in [0, 0.05) is 31.3 Å². The Morgan fingerprint density at radius 2 is 1.83 bits per heavy atom. The summed E-state index contributed by atoms with van der Waals surface area (Å²) in [6.07, 6.45) is 6.51. The quantitative estimate of drug-likeness (QED) is 0.482. The summed E-state index contributed by atoms with van der Waals surface area (Å²) in [5.74, 6) is 0.667. The molecule has 1 aliphatic heterocycles. The lowest BCUT2D eigenvalue weighted by Gasteiger charge is -2.31. The Morgan fingerprint density at radius 1 is 1.06 bits per heavy atom. The maximum absolute atomic E-state index is 12.9. The van der Waals surface area contributed by atoms with Crippen LogP contribution in [0.3, 0.4) is 0 Å². The Hall–Kier alpha value is -3.93. The van der Waals surface area contributed by atoms with Gasteiger partial charge in [-0.2, -0.15) is 0 Å². The first kappa shape index (κ1) is 24.2. The van der Waals surface area contributed by atoms with E-state index in [0.717, 1.165) is 22.6 Å². The van der Waals surface area contributed by atoms with Crippen LogP contribution in [0.5, 0.6) is 5.75 Å². The largest absolute Gasteiger partial charge is 0.487 e. The van der Waals surface area contributed by atoms with E-state index in [2.05, 4.69) is 10.3 Å². The summed E-state index contributed by atoms with van der Waals surface area (Å²) in [4.78, 5) is 31.5. The summed E-state index contributed by atoms with van der Waals surface area (Å²) in [6, 6.07) is 23.1. The van der Waals surface area contributed by atoms with Crippen molar-refractivity contribution in [2.75, 3.05) is 13.1 Å². The molecular weight excluding hydrogens is 438 g/mol. The predicted molar refractivity (Wildman–Crippen MR) is 136 cm³/mol. The fraction of sp³-hybridized carbons (Fsp3) is 0.276. The molecular formula is C29H31N3O3. The lowest BCUT2D eigenvalue weighted by molar-refractivity contribution is -0.132. The molecule has 1 N–H and O–H groups in total. The molecule has 2 aromatic carbocycles. The Morgan fingerprint density at radius 3 is 2.57 bits per heavy atom. The van der Waals surface area contributed by atoms with E-state index >= 15 is 0 Å². The lowest BCUT2D eigenvalue weighted by atomic mass is 9.95. The molecule has 3 aromatic rings. The normalized spacial score (nSPS) is 15.1. The van der Waals surface area contributed by atoms with Gasteiger partial charge >= 0.3 is 0 Å². The van der Waals surface area contributed by atoms with Crippen molar-refractivity contribution in [1.82, 2.24) is 15.2 Å². The lowest BCUT2D eigenvalue weighted by Crippen LogP contribution is -2.43. The van der Waals surface area contributed by atoms with Crippen molar-refractivity contribution >= 4 is 17.9 Å². The third-order valence-corrected chi connectivity index (χ3v) is 6.23. The van der Waals surface area contributed by atoms with Gasteiger partial charge in [0.2, 0.25) is 11.8 Å². The maximum atomic E-state index is 12.9. The number of likely N-dealkylation sites (tertiary alicyclic amines) is 1. The van der Waals surface area contributed by atoms with E-state index in [1.54, 1.807) is 12.3 Å². The molecule has 180 valence electrons. The van der Waals surface area contributed by atoms with Crippen molar-refractivity contribution in [3.8, 4) is 5.75 Å². The molecule has 1 aliphatic rings. The van der Waals surface area contributed by atoms with Gasteiger partial charge in [-0.15, -0.1) is 0 Å². The summed E-state index contributed by atoms with van der Waals surface area (Å²) < 4.78 is 5.87. The van der Waals surface area contributed by atoms with E-state index in [1.807, 2.05) is 90.7 Å². The number of ether oxygens (including phenoxy) is 1. The Bertz CT molecular complexity index is 1140. The summed E-state index contributed by atoms with van der Waals surface area (Å²) in [5.41, 5.74) is 2.84. The smallest absolute Gasteiger partial charge is 0.246 e. The second kappa shape index (κ2) is 12.0. The molecule has 35 heavy (non-hydrogen) atoms. The monoisotopic (exact) mass is 469 g/mol. The third-order valence-electron chi connectivity index (χ3n) is 6.23. The minimum atomic E-state index is -0.144. The number of pyridine rings is 1. The van der Waals surface area contributed by atoms with Crippen LogP contribution in [-0.4, -0.2) is 34.8 Å². The Labute approximate surface area is 206 Å². The molecule has 1 atom stereocenters. The van der Waals surface area contributed by atoms with Crippen molar-refractivity contribution in [1.29, 1.82) is 0 Å². The minimum absolute atomic E-state index is 0.0106. The number of nitrogens with one attached hydrogen (secondary N) is 1. The van der Waals surface area contributed by atoms with Gasteiger partial charge in [-0.05, 0) is 61.2 Å². The van der Waals surface area contributed by atoms with Gasteiger partial charge in [0.1, 0.15) is 12.4 Å². The number of carbonyl (C=O) groups excluding carboxylic acids is 2. The van der Waals surface area contributed by atoms with Crippen LogP contribution in [0.15, 0.2) is 85.1 Å². The van der Waals surface area contributed by atoms with Gasteiger partial charge in [-0.3, -0.25) is 14.6 Å². The number of hydrogen-bond donors (Lipinski definition) is 1. The summed E-state index contributed by atoms with van der Waals surface area (Å²) in [5, 5.41) is 3.13. The standard InChI is InChI=1S/C29H31N3O3/c1-22(25-10-7-12-27(20-25)35-21-26-11-5-6-17-30-26)31-29(34)24-15-18-32(19-16-24)28(33)14-13-23-8-3-2-4-9-23/h2-14,17,20,22,24H,15-16,18-19,21H2,1H3,(H,31,34)/b14-13+. The number of amides is 2. The van der Waals surface area contributed by atoms with Crippen molar-refractivity contribution in [3.05, 3.63) is 102 Å². The van der Waals surface area contributed by atoms with Crippen LogP contribution in [-0.2, 0) is 16.2 Å². The highest BCUT2D eigenvalue weighted by molar-refractivity contribution is 5.92. The van der Waals surface area contributed by atoms with Crippen molar-refractivity contribution in [3.63, 3.8) is 0 Å². The molecule has 0 aliphatic carbocycles. The number of nitrogens with zero attached hydrogens (tertiary/aromatic N) is 2. The van der Waals surface area contributed by atoms with Gasteiger partial charge < -0.3 is 15.0 Å². The molecule has 1 saturated heterocycles. The number of rotatable bonds is 8. The van der Waals surface area contributed by atoms with Crippen LogP contribution in [0.2, 0.25) is 0 Å². The van der Waals surface area contributed by atoms with Crippen LogP contribution in [0, 0.1) is 5.92 Å². The number of aromatic nitrogens is 1. The first-order chi connectivity index (χ1) is 17.1. The molecule has 0 bridgehead atoms. The van der Waals surface area contributed by atoms with Gasteiger partial charge in [-0.1, -0.05) is 48.5 Å². The molecule has 6 heteroatoms. The van der Waals surface area contributed by atoms with Gasteiger partial charge in [0.15, 0.2) is 0 Å². The number of carbonyl (C=O) groups is 2. The van der Waals surface area contributed by atoms with Crippen LogP contribution in [0.1, 0.15) is 42.6 Å². The molecule has 1 aromatic heterocycles. The molecule has 0 radical (unpaired) electrons. The van der Waals surface area contributed by atoms with E-state index in [9.17, 15) is 9.59 Å². The number of hydrogen-bond acceptors (Lipinski definition) is 4. The Kier molecular flexibility index (Phi) is 8.28. The highest BCUT2D eigenvalue weighted by atomic mass is 16.5. The topological polar surface area (TPSA) is 71.5 Å². The highest BCUT2D eigenvalue weighted by Crippen LogP contribution is 2.23. The zero-order valence-electron chi connectivity index (χ0n) is 20.0. The second-order valence-electron chi connectivity index (χ2n) is 8.76. The van der Waals surface area contributed by atoms with Crippen molar-refractivity contribution in [2.24, 2.45) is 5.92 Å². The zero-order chi connectivity index (χ0) is 24.5. The van der Waals surface area contributed by atoms with Gasteiger partial charge in [0.05, 0.1) is 11.7 Å². The second-order valence-corrected chi connectivity index (χ2v) is 8.76. The molecule has 2 heterocycles. The molecule has 0 saturated carbocycles. The van der Waals surface area contributed by atoms with Crippen LogP contribution in [0.25, 0.3) is 6.08 Å². The fourth-order valence-electron chi connectivity index (χ4n) is 4.13. The van der Waals surface area contributed by atoms with E-state index in [0.29, 0.717) is 32.5 Å². The average molecular weight is 470 g/mol. The van der Waals surface area contributed by atoms with E-state index in [-0.39, 0.29) is 23.8 Å². The SMILES string of the molecule is CC(NC(=O)C1CCN(C(=O)/C=C/c2ccccc2)CC1)c1cccc(OCc2ccccn2)c1. The van der Waals surface area contributed by atoms with Gasteiger partial charge in [-0.25, -0.2) is 0 Å². The van der Waals surface area contributed by atoms with Crippen molar-refractivity contribution < 1.29 is 14.3 Å². The van der Waals surface area contributed by atoms with Crippen molar-refractivity contribution in [2.45, 2.75) is 32.4 Å². The molecule has 6 nitrogen and oxygen atoms in total. The summed E-state index contributed by atoms with van der Waals surface area (Å²) in [6.45, 7) is 3.54. The first-order valence-corrected chi connectivity index (χ1v) is 12.0. The summed E-state index contributed by atoms with van der Waals surface area (Å²) in [7, 11) is 0. The minimum Gasteiger partial charge on any atom is -0.487 e. The first-order valence-electron chi connectivity index (χ1n) is 12.0. The molecule has 1 fully saturated rings. The number of benzene rings is 2. The molecule has 1 unspecified atom stereocenters. The molecule has 0 spiro atoms. The molecule has 2 amide bonds.